The Morgan fingerprint density at radius 1 is 1.04 bits per heavy atom. The number of nitrogens with zero attached hydrogens (tertiary/aromatic N) is 1. The fourth-order valence-corrected chi connectivity index (χ4v) is 3.88. The molecule has 2 aromatic rings. The van der Waals surface area contributed by atoms with Crippen molar-refractivity contribution in [2.24, 2.45) is 5.92 Å². The average Bonchev–Trinajstić information content (AvgIpc) is 3.00. The van der Waals surface area contributed by atoms with Gasteiger partial charge in [0.05, 0.1) is 6.04 Å². The van der Waals surface area contributed by atoms with E-state index in [1.54, 1.807) is 0 Å². The Kier molecular flexibility index (Phi) is 4.77. The van der Waals surface area contributed by atoms with Crippen LogP contribution in [0, 0.1) is 5.92 Å². The maximum Gasteiger partial charge on any atom is 0.164 e. The van der Waals surface area contributed by atoms with Crippen LogP contribution in [0.2, 0.25) is 0 Å². The van der Waals surface area contributed by atoms with Crippen molar-refractivity contribution in [3.8, 4) is 0 Å². The molecular weight excluding hydrogens is 310 g/mol. The van der Waals surface area contributed by atoms with E-state index in [9.17, 15) is 4.79 Å². The van der Waals surface area contributed by atoms with Crippen molar-refractivity contribution >= 4 is 11.9 Å². The lowest BCUT2D eigenvalue weighted by Gasteiger charge is -2.24. The van der Waals surface area contributed by atoms with Gasteiger partial charge in [0.25, 0.3) is 0 Å². The van der Waals surface area contributed by atoms with Crippen molar-refractivity contribution < 1.29 is 9.63 Å². The van der Waals surface area contributed by atoms with Gasteiger partial charge in [-0.25, -0.2) is 0 Å². The minimum Gasteiger partial charge on any atom is -0.297 e. The van der Waals surface area contributed by atoms with Gasteiger partial charge in [0, 0.05) is 18.9 Å². The van der Waals surface area contributed by atoms with Crippen molar-refractivity contribution in [1.29, 1.82) is 0 Å². The lowest BCUT2D eigenvalue weighted by atomic mass is 9.81. The fraction of sp³-hybridized carbons (Fsp3) is 0.318. The van der Waals surface area contributed by atoms with Gasteiger partial charge in [0.15, 0.2) is 5.78 Å². The highest BCUT2D eigenvalue weighted by Crippen LogP contribution is 2.38. The highest BCUT2D eigenvalue weighted by Gasteiger charge is 2.46. The van der Waals surface area contributed by atoms with Crippen LogP contribution in [0.3, 0.4) is 0 Å². The zero-order valence-electron chi connectivity index (χ0n) is 14.3. The third-order valence-electron chi connectivity index (χ3n) is 5.15. The number of fused-ring (bicyclic) bond motifs is 1. The zero-order valence-corrected chi connectivity index (χ0v) is 14.3. The molecule has 128 valence electrons. The second kappa shape index (κ2) is 7.34. The molecule has 0 N–H and O–H groups in total. The molecule has 2 aliphatic rings. The molecule has 0 spiro atoms. The molecule has 2 fully saturated rings. The molecule has 0 aromatic heterocycles. The third kappa shape index (κ3) is 3.58. The third-order valence-corrected chi connectivity index (χ3v) is 5.15. The monoisotopic (exact) mass is 333 g/mol. The lowest BCUT2D eigenvalue weighted by molar-refractivity contribution is -0.175. The normalized spacial score (nSPS) is 26.9. The van der Waals surface area contributed by atoms with Crippen LogP contribution in [0.5, 0.6) is 0 Å². The van der Waals surface area contributed by atoms with Crippen molar-refractivity contribution in [1.82, 2.24) is 5.06 Å². The molecule has 1 aliphatic heterocycles. The molecule has 0 unspecified atom stereocenters. The lowest BCUT2D eigenvalue weighted by Crippen LogP contribution is -2.34. The van der Waals surface area contributed by atoms with Gasteiger partial charge < -0.3 is 0 Å². The van der Waals surface area contributed by atoms with E-state index in [0.29, 0.717) is 13.0 Å². The van der Waals surface area contributed by atoms with E-state index < -0.39 is 0 Å². The van der Waals surface area contributed by atoms with E-state index in [1.165, 1.54) is 11.1 Å². The molecule has 3 atom stereocenters. The Morgan fingerprint density at radius 3 is 2.52 bits per heavy atom. The van der Waals surface area contributed by atoms with Crippen LogP contribution in [0.4, 0.5) is 0 Å². The van der Waals surface area contributed by atoms with Gasteiger partial charge >= 0.3 is 0 Å². The van der Waals surface area contributed by atoms with Gasteiger partial charge in [-0.15, -0.1) is 0 Å². The molecule has 0 radical (unpaired) electrons. The fourth-order valence-electron chi connectivity index (χ4n) is 3.88. The van der Waals surface area contributed by atoms with Crippen molar-refractivity contribution in [3.05, 3.63) is 77.9 Å². The number of carbonyl (C=O) groups excluding carboxylic acids is 1. The number of Topliss-reactive ketones (excluding diaryl/α,β-unsaturated/α-hetero) is 1. The van der Waals surface area contributed by atoms with Gasteiger partial charge in [0.2, 0.25) is 0 Å². The zero-order chi connectivity index (χ0) is 17.1. The Morgan fingerprint density at radius 2 is 1.76 bits per heavy atom. The van der Waals surface area contributed by atoms with Gasteiger partial charge in [-0.1, -0.05) is 72.8 Å². The Hall–Kier alpha value is -2.23. The molecule has 25 heavy (non-hydrogen) atoms. The molecule has 4 rings (SSSR count). The van der Waals surface area contributed by atoms with E-state index in [0.717, 1.165) is 12.8 Å². The first-order chi connectivity index (χ1) is 12.3. The highest BCUT2D eigenvalue weighted by atomic mass is 16.7. The van der Waals surface area contributed by atoms with Crippen LogP contribution in [0.15, 0.2) is 66.7 Å². The summed E-state index contributed by atoms with van der Waals surface area (Å²) in [7, 11) is 0. The smallest absolute Gasteiger partial charge is 0.164 e. The van der Waals surface area contributed by atoms with E-state index in [-0.39, 0.29) is 23.8 Å². The quantitative estimate of drug-likeness (QED) is 0.837. The molecule has 0 amide bonds. The van der Waals surface area contributed by atoms with Crippen molar-refractivity contribution in [3.63, 3.8) is 0 Å². The summed E-state index contributed by atoms with van der Waals surface area (Å²) < 4.78 is 0. The second-order valence-corrected chi connectivity index (χ2v) is 6.87. The summed E-state index contributed by atoms with van der Waals surface area (Å²) in [6.07, 6.45) is 6.75. The molecule has 1 saturated carbocycles. The summed E-state index contributed by atoms with van der Waals surface area (Å²) in [6.45, 7) is 0.699. The van der Waals surface area contributed by atoms with Crippen LogP contribution in [0.1, 0.15) is 30.4 Å². The van der Waals surface area contributed by atoms with E-state index in [4.69, 9.17) is 4.84 Å². The molecule has 0 bridgehead atoms. The number of rotatable bonds is 4. The second-order valence-electron chi connectivity index (χ2n) is 6.87. The summed E-state index contributed by atoms with van der Waals surface area (Å²) in [5.74, 6) is 0.509. The molecule has 1 saturated heterocycles. The standard InChI is InChI=1S/C22H23NO2/c24-21-13-7-12-19-20(15-14-17-8-3-1-4-9-17)23(25-22(19)21)16-18-10-5-2-6-11-18/h1-6,8-11,14-15,19-20,22H,7,12-13,16H2/b15-14+/t19-,20+,22+/m1/s1. The average molecular weight is 333 g/mol. The highest BCUT2D eigenvalue weighted by molar-refractivity contribution is 5.84. The largest absolute Gasteiger partial charge is 0.297 e. The maximum absolute atomic E-state index is 12.3. The van der Waals surface area contributed by atoms with Gasteiger partial charge in [-0.3, -0.25) is 9.63 Å². The van der Waals surface area contributed by atoms with E-state index in [1.807, 2.05) is 41.5 Å². The molecular formula is C22H23NO2. The van der Waals surface area contributed by atoms with Gasteiger partial charge in [-0.05, 0) is 24.0 Å². The van der Waals surface area contributed by atoms with E-state index >= 15 is 0 Å². The number of hydroxylamine groups is 2. The topological polar surface area (TPSA) is 29.5 Å². The number of carbonyl (C=O) groups is 1. The molecule has 2 aromatic carbocycles. The van der Waals surface area contributed by atoms with Crippen LogP contribution in [-0.4, -0.2) is 23.0 Å². The number of hydrogen-bond donors (Lipinski definition) is 0. The summed E-state index contributed by atoms with van der Waals surface area (Å²) in [5, 5.41) is 2.01. The Bertz CT molecular complexity index is 741. The minimum absolute atomic E-state index is 0.134. The first-order valence-electron chi connectivity index (χ1n) is 9.04. The summed E-state index contributed by atoms with van der Waals surface area (Å²) in [4.78, 5) is 18.4. The Balaban J connectivity index is 1.58. The number of ketones is 1. The Labute approximate surface area is 148 Å². The number of hydrogen-bond acceptors (Lipinski definition) is 3. The maximum atomic E-state index is 12.3. The van der Waals surface area contributed by atoms with Crippen molar-refractivity contribution in [2.45, 2.75) is 38.0 Å². The first kappa shape index (κ1) is 16.2. The molecule has 1 heterocycles. The first-order valence-corrected chi connectivity index (χ1v) is 9.04. The summed E-state index contributed by atoms with van der Waals surface area (Å²) in [5.41, 5.74) is 2.37. The van der Waals surface area contributed by atoms with Crippen molar-refractivity contribution in [2.75, 3.05) is 0 Å². The predicted octanol–water partition coefficient (Wildman–Crippen LogP) is 4.25. The van der Waals surface area contributed by atoms with Gasteiger partial charge in [-0.2, -0.15) is 5.06 Å². The minimum atomic E-state index is -0.275. The van der Waals surface area contributed by atoms with E-state index in [2.05, 4.69) is 36.4 Å². The summed E-state index contributed by atoms with van der Waals surface area (Å²) >= 11 is 0. The molecule has 3 heteroatoms. The number of benzene rings is 2. The van der Waals surface area contributed by atoms with Crippen LogP contribution in [0.25, 0.3) is 6.08 Å². The SMILES string of the molecule is O=C1CCC[C@H]2[C@@H]1ON(Cc1ccccc1)[C@H]2/C=C/c1ccccc1. The summed E-state index contributed by atoms with van der Waals surface area (Å²) in [6, 6.07) is 20.7. The van der Waals surface area contributed by atoms with Crippen LogP contribution >= 0.6 is 0 Å². The molecule has 1 aliphatic carbocycles. The van der Waals surface area contributed by atoms with Gasteiger partial charge in [0.1, 0.15) is 6.10 Å². The van der Waals surface area contributed by atoms with Crippen LogP contribution in [-0.2, 0) is 16.2 Å². The van der Waals surface area contributed by atoms with Crippen LogP contribution < -0.4 is 0 Å². The predicted molar refractivity (Wildman–Crippen MR) is 98.5 cm³/mol. The molecule has 3 nitrogen and oxygen atoms in total.